The summed E-state index contributed by atoms with van der Waals surface area (Å²) in [6.07, 6.45) is 3.58. The number of hydrogen-bond acceptors (Lipinski definition) is 3. The second kappa shape index (κ2) is 8.11. The average Bonchev–Trinajstić information content (AvgIpc) is 2.74. The minimum absolute atomic E-state index is 0.140. The third-order valence-electron chi connectivity index (χ3n) is 5.93. The van der Waals surface area contributed by atoms with Crippen molar-refractivity contribution < 1.29 is 4.79 Å². The van der Waals surface area contributed by atoms with E-state index < -0.39 is 0 Å². The lowest BCUT2D eigenvalue weighted by Crippen LogP contribution is -2.46. The number of amides is 1. The number of aromatic nitrogens is 1. The van der Waals surface area contributed by atoms with Crippen LogP contribution in [0.1, 0.15) is 31.0 Å². The first-order valence-electron chi connectivity index (χ1n) is 10.0. The fraction of sp³-hybridized carbons (Fsp3) is 0.333. The Balaban J connectivity index is 1.34. The van der Waals surface area contributed by atoms with Gasteiger partial charge in [-0.2, -0.15) is 0 Å². The Morgan fingerprint density at radius 2 is 1.75 bits per heavy atom. The molecule has 1 aliphatic rings. The number of carbonyl (C=O) groups is 1. The van der Waals surface area contributed by atoms with E-state index >= 15 is 0 Å². The lowest BCUT2D eigenvalue weighted by Gasteiger charge is -2.38. The number of hydrogen-bond donors (Lipinski definition) is 1. The molecule has 0 saturated carbocycles. The smallest absolute Gasteiger partial charge is 0.226 e. The van der Waals surface area contributed by atoms with Gasteiger partial charge in [0.15, 0.2) is 0 Å². The van der Waals surface area contributed by atoms with Crippen molar-refractivity contribution in [1.82, 2.24) is 15.2 Å². The zero-order chi connectivity index (χ0) is 19.4. The van der Waals surface area contributed by atoms with Crippen molar-refractivity contribution >= 4 is 16.7 Å². The van der Waals surface area contributed by atoms with Crippen LogP contribution in [0.15, 0.2) is 66.9 Å². The second-order valence-corrected chi connectivity index (χ2v) is 7.98. The molecule has 1 fully saturated rings. The molecule has 2 heterocycles. The Labute approximate surface area is 166 Å². The maximum Gasteiger partial charge on any atom is 0.226 e. The summed E-state index contributed by atoms with van der Waals surface area (Å²) in [5, 5.41) is 5.41. The van der Waals surface area contributed by atoms with Gasteiger partial charge in [0.1, 0.15) is 0 Å². The second-order valence-electron chi connectivity index (χ2n) is 7.98. The van der Waals surface area contributed by atoms with Crippen molar-refractivity contribution in [3.05, 3.63) is 78.1 Å². The molecule has 4 heteroatoms. The van der Waals surface area contributed by atoms with E-state index in [0.717, 1.165) is 48.9 Å². The highest BCUT2D eigenvalue weighted by Gasteiger charge is 2.36. The van der Waals surface area contributed by atoms with E-state index in [9.17, 15) is 4.79 Å². The van der Waals surface area contributed by atoms with Crippen molar-refractivity contribution in [1.29, 1.82) is 0 Å². The Morgan fingerprint density at radius 1 is 1.04 bits per heavy atom. The van der Waals surface area contributed by atoms with Crippen LogP contribution in [0.3, 0.4) is 0 Å². The number of piperidine rings is 1. The lowest BCUT2D eigenvalue weighted by atomic mass is 9.79. The molecular formula is C24H27N3O. The summed E-state index contributed by atoms with van der Waals surface area (Å²) >= 11 is 0. The number of benzene rings is 2. The third kappa shape index (κ3) is 4.07. The Hall–Kier alpha value is -2.72. The van der Waals surface area contributed by atoms with Gasteiger partial charge in [0, 0.05) is 23.5 Å². The van der Waals surface area contributed by atoms with Crippen LogP contribution < -0.4 is 5.32 Å². The van der Waals surface area contributed by atoms with Crippen LogP contribution in [-0.2, 0) is 17.9 Å². The van der Waals surface area contributed by atoms with Gasteiger partial charge >= 0.3 is 0 Å². The van der Waals surface area contributed by atoms with Crippen molar-refractivity contribution in [2.45, 2.75) is 32.9 Å². The van der Waals surface area contributed by atoms with Gasteiger partial charge in [0.05, 0.1) is 12.2 Å². The number of rotatable bonds is 5. The monoisotopic (exact) mass is 373 g/mol. The lowest BCUT2D eigenvalue weighted by molar-refractivity contribution is -0.133. The molecule has 144 valence electrons. The van der Waals surface area contributed by atoms with Gasteiger partial charge in [0.25, 0.3) is 0 Å². The summed E-state index contributed by atoms with van der Waals surface area (Å²) in [5.41, 5.74) is 1.95. The summed E-state index contributed by atoms with van der Waals surface area (Å²) in [6.45, 7) is 5.43. The van der Waals surface area contributed by atoms with Crippen molar-refractivity contribution in [3.8, 4) is 0 Å². The van der Waals surface area contributed by atoms with Crippen molar-refractivity contribution in [2.75, 3.05) is 13.1 Å². The van der Waals surface area contributed by atoms with E-state index in [1.54, 1.807) is 0 Å². The molecule has 0 atom stereocenters. The SMILES string of the molecule is CC1(C(=O)NCc2nccc3ccccc23)CCN(Cc2ccccc2)CC1. The fourth-order valence-electron chi connectivity index (χ4n) is 3.97. The van der Waals surface area contributed by atoms with Gasteiger partial charge in [-0.05, 0) is 42.9 Å². The highest BCUT2D eigenvalue weighted by atomic mass is 16.2. The molecule has 1 aliphatic heterocycles. The zero-order valence-corrected chi connectivity index (χ0v) is 16.4. The number of nitrogens with one attached hydrogen (secondary N) is 1. The number of nitrogens with zero attached hydrogens (tertiary/aromatic N) is 2. The summed E-state index contributed by atoms with van der Waals surface area (Å²) in [4.78, 5) is 19.9. The van der Waals surface area contributed by atoms with E-state index in [4.69, 9.17) is 0 Å². The minimum Gasteiger partial charge on any atom is -0.350 e. The quantitative estimate of drug-likeness (QED) is 0.731. The first-order valence-corrected chi connectivity index (χ1v) is 10.0. The fourth-order valence-corrected chi connectivity index (χ4v) is 3.97. The molecule has 2 aromatic carbocycles. The first-order chi connectivity index (χ1) is 13.6. The molecule has 0 radical (unpaired) electrons. The van der Waals surface area contributed by atoms with Crippen LogP contribution in [-0.4, -0.2) is 28.9 Å². The summed E-state index contributed by atoms with van der Waals surface area (Å²) in [7, 11) is 0. The normalized spacial score (nSPS) is 16.8. The Morgan fingerprint density at radius 3 is 2.54 bits per heavy atom. The van der Waals surface area contributed by atoms with Gasteiger partial charge in [-0.1, -0.05) is 61.5 Å². The van der Waals surface area contributed by atoms with Gasteiger partial charge in [-0.15, -0.1) is 0 Å². The zero-order valence-electron chi connectivity index (χ0n) is 16.4. The molecule has 1 amide bonds. The summed E-state index contributed by atoms with van der Waals surface area (Å²) in [6, 6.07) is 20.7. The topological polar surface area (TPSA) is 45.2 Å². The number of likely N-dealkylation sites (tertiary alicyclic amines) is 1. The van der Waals surface area contributed by atoms with Gasteiger partial charge in [-0.25, -0.2) is 0 Å². The molecule has 3 aromatic rings. The standard InChI is InChI=1S/C24H27N3O/c1-24(12-15-27(16-13-24)18-19-7-3-2-4-8-19)23(28)26-17-22-21-10-6-5-9-20(21)11-14-25-22/h2-11,14H,12-13,15-18H2,1H3,(H,26,28). The largest absolute Gasteiger partial charge is 0.350 e. The van der Waals surface area contributed by atoms with E-state index in [0.29, 0.717) is 6.54 Å². The van der Waals surface area contributed by atoms with Crippen molar-refractivity contribution in [3.63, 3.8) is 0 Å². The molecule has 0 bridgehead atoms. The maximum atomic E-state index is 12.9. The molecule has 0 aliphatic carbocycles. The average molecular weight is 374 g/mol. The van der Waals surface area contributed by atoms with Crippen LogP contribution in [0, 0.1) is 5.41 Å². The summed E-state index contributed by atoms with van der Waals surface area (Å²) < 4.78 is 0. The highest BCUT2D eigenvalue weighted by molar-refractivity contribution is 5.86. The van der Waals surface area contributed by atoms with Crippen LogP contribution in [0.25, 0.3) is 10.8 Å². The molecule has 4 rings (SSSR count). The van der Waals surface area contributed by atoms with Crippen LogP contribution in [0.4, 0.5) is 0 Å². The predicted octanol–water partition coefficient (Wildman–Crippen LogP) is 4.15. The van der Waals surface area contributed by atoms with E-state index in [2.05, 4.69) is 58.5 Å². The third-order valence-corrected chi connectivity index (χ3v) is 5.93. The Kier molecular flexibility index (Phi) is 5.40. The van der Waals surface area contributed by atoms with Crippen molar-refractivity contribution in [2.24, 2.45) is 5.41 Å². The van der Waals surface area contributed by atoms with Gasteiger partial charge < -0.3 is 5.32 Å². The molecule has 0 spiro atoms. The predicted molar refractivity (Wildman–Crippen MR) is 113 cm³/mol. The molecule has 0 unspecified atom stereocenters. The number of carbonyl (C=O) groups excluding carboxylic acids is 1. The molecule has 1 saturated heterocycles. The molecule has 1 aromatic heterocycles. The highest BCUT2D eigenvalue weighted by Crippen LogP contribution is 2.32. The van der Waals surface area contributed by atoms with E-state index in [1.807, 2.05) is 30.5 Å². The molecular weight excluding hydrogens is 346 g/mol. The summed E-state index contributed by atoms with van der Waals surface area (Å²) in [5.74, 6) is 0.140. The number of fused-ring (bicyclic) bond motifs is 1. The number of pyridine rings is 1. The van der Waals surface area contributed by atoms with Gasteiger partial charge in [0.2, 0.25) is 5.91 Å². The van der Waals surface area contributed by atoms with E-state index in [-0.39, 0.29) is 11.3 Å². The van der Waals surface area contributed by atoms with Crippen LogP contribution in [0.5, 0.6) is 0 Å². The molecule has 1 N–H and O–H groups in total. The van der Waals surface area contributed by atoms with Gasteiger partial charge in [-0.3, -0.25) is 14.7 Å². The van der Waals surface area contributed by atoms with Crippen LogP contribution >= 0.6 is 0 Å². The maximum absolute atomic E-state index is 12.9. The minimum atomic E-state index is -0.308. The molecule has 4 nitrogen and oxygen atoms in total. The van der Waals surface area contributed by atoms with Crippen LogP contribution in [0.2, 0.25) is 0 Å². The first kappa shape index (κ1) is 18.6. The van der Waals surface area contributed by atoms with E-state index in [1.165, 1.54) is 5.56 Å². The Bertz CT molecular complexity index is 941. The molecule has 28 heavy (non-hydrogen) atoms.